The van der Waals surface area contributed by atoms with Gasteiger partial charge < -0.3 is 5.32 Å². The number of hydrogen-bond acceptors (Lipinski definition) is 6. The normalized spacial score (nSPS) is 11.5. The zero-order valence-corrected chi connectivity index (χ0v) is 18.1. The van der Waals surface area contributed by atoms with Gasteiger partial charge in [0.1, 0.15) is 0 Å². The number of aromatic amines is 1. The Balaban J connectivity index is 1.45. The number of rotatable bonds is 10. The van der Waals surface area contributed by atoms with Gasteiger partial charge in [-0.3, -0.25) is 9.89 Å². The molecule has 0 saturated carbocycles. The first-order valence-corrected chi connectivity index (χ1v) is 12.1. The van der Waals surface area contributed by atoms with E-state index in [-0.39, 0.29) is 19.0 Å². The van der Waals surface area contributed by atoms with E-state index in [1.54, 1.807) is 0 Å². The Labute approximate surface area is 180 Å². The number of amides is 1. The van der Waals surface area contributed by atoms with Gasteiger partial charge in [0.05, 0.1) is 12.8 Å². The molecule has 158 valence electrons. The fourth-order valence-corrected chi connectivity index (χ4v) is 4.05. The average molecular weight is 446 g/mol. The van der Waals surface area contributed by atoms with Crippen molar-refractivity contribution in [1.29, 1.82) is 0 Å². The number of nitrogens with zero attached hydrogens (tertiary/aromatic N) is 3. The van der Waals surface area contributed by atoms with E-state index in [9.17, 15) is 13.2 Å². The number of hydrogen-bond donors (Lipinski definition) is 2. The average Bonchev–Trinajstić information content (AvgIpc) is 3.20. The Bertz CT molecular complexity index is 1060. The van der Waals surface area contributed by atoms with Gasteiger partial charge in [0, 0.05) is 24.4 Å². The lowest BCUT2D eigenvalue weighted by Crippen LogP contribution is -2.40. The van der Waals surface area contributed by atoms with E-state index in [0.717, 1.165) is 21.7 Å². The van der Waals surface area contributed by atoms with Crippen molar-refractivity contribution in [3.8, 4) is 11.4 Å². The maximum absolute atomic E-state index is 12.2. The summed E-state index contributed by atoms with van der Waals surface area (Å²) < 4.78 is 25.2. The molecule has 2 N–H and O–H groups in total. The molecule has 0 aliphatic heterocycles. The number of carbonyl (C=O) groups is 1. The summed E-state index contributed by atoms with van der Waals surface area (Å²) in [6.45, 7) is 0.306. The summed E-state index contributed by atoms with van der Waals surface area (Å²) in [5.41, 5.74) is 1.77. The van der Waals surface area contributed by atoms with Crippen LogP contribution in [0.3, 0.4) is 0 Å². The summed E-state index contributed by atoms with van der Waals surface area (Å²) in [6.07, 6.45) is 1.10. The third-order valence-electron chi connectivity index (χ3n) is 4.16. The van der Waals surface area contributed by atoms with Crippen molar-refractivity contribution >= 4 is 27.7 Å². The highest BCUT2D eigenvalue weighted by molar-refractivity contribution is 7.99. The van der Waals surface area contributed by atoms with E-state index in [1.807, 2.05) is 60.7 Å². The van der Waals surface area contributed by atoms with Crippen LogP contribution in [0, 0.1) is 0 Å². The van der Waals surface area contributed by atoms with Crippen molar-refractivity contribution < 1.29 is 13.2 Å². The Hall–Kier alpha value is -2.69. The lowest BCUT2D eigenvalue weighted by molar-refractivity contribution is -0.121. The van der Waals surface area contributed by atoms with Crippen LogP contribution in [-0.2, 0) is 21.4 Å². The van der Waals surface area contributed by atoms with Gasteiger partial charge >= 0.3 is 0 Å². The maximum atomic E-state index is 12.2. The van der Waals surface area contributed by atoms with Crippen molar-refractivity contribution in [2.45, 2.75) is 11.7 Å². The van der Waals surface area contributed by atoms with Gasteiger partial charge in [-0.25, -0.2) is 13.4 Å². The topological polar surface area (TPSA) is 108 Å². The van der Waals surface area contributed by atoms with E-state index in [0.29, 0.717) is 23.3 Å². The molecule has 3 rings (SSSR count). The largest absolute Gasteiger partial charge is 0.354 e. The quantitative estimate of drug-likeness (QED) is 0.366. The molecular formula is C20H23N5O3S2. The zero-order valence-electron chi connectivity index (χ0n) is 16.5. The number of sulfonamides is 1. The second-order valence-corrected chi connectivity index (χ2v) is 9.59. The summed E-state index contributed by atoms with van der Waals surface area (Å²) in [5.74, 6) is 0.902. The Kier molecular flexibility index (Phi) is 7.61. The van der Waals surface area contributed by atoms with Crippen LogP contribution >= 0.6 is 11.8 Å². The Morgan fingerprint density at radius 3 is 2.43 bits per heavy atom. The molecule has 8 nitrogen and oxygen atoms in total. The van der Waals surface area contributed by atoms with Crippen molar-refractivity contribution in [3.63, 3.8) is 0 Å². The van der Waals surface area contributed by atoms with Gasteiger partial charge in [0.2, 0.25) is 21.1 Å². The highest BCUT2D eigenvalue weighted by atomic mass is 32.2. The molecule has 3 aromatic rings. The van der Waals surface area contributed by atoms with Crippen LogP contribution < -0.4 is 5.32 Å². The molecule has 0 fully saturated rings. The van der Waals surface area contributed by atoms with Crippen molar-refractivity contribution in [2.24, 2.45) is 0 Å². The summed E-state index contributed by atoms with van der Waals surface area (Å²) in [7, 11) is -3.51. The van der Waals surface area contributed by atoms with E-state index in [1.165, 1.54) is 11.8 Å². The number of H-pyrrole nitrogens is 1. The first kappa shape index (κ1) is 22.0. The number of thioether (sulfide) groups is 1. The van der Waals surface area contributed by atoms with Crippen LogP contribution in [0.2, 0.25) is 0 Å². The van der Waals surface area contributed by atoms with Crippen LogP contribution in [0.1, 0.15) is 5.56 Å². The molecular weight excluding hydrogens is 422 g/mol. The number of aromatic nitrogens is 3. The van der Waals surface area contributed by atoms with E-state index < -0.39 is 10.0 Å². The van der Waals surface area contributed by atoms with Crippen LogP contribution in [0.4, 0.5) is 0 Å². The number of benzene rings is 2. The smallest absolute Gasteiger partial charge is 0.235 e. The minimum atomic E-state index is -3.51. The number of nitrogens with one attached hydrogen (secondary N) is 2. The predicted octanol–water partition coefficient (Wildman–Crippen LogP) is 2.14. The molecule has 10 heteroatoms. The summed E-state index contributed by atoms with van der Waals surface area (Å²) in [5, 5.41) is 10.4. The van der Waals surface area contributed by atoms with Crippen LogP contribution in [0.25, 0.3) is 11.4 Å². The zero-order chi connectivity index (χ0) is 21.4. The summed E-state index contributed by atoms with van der Waals surface area (Å²) in [6, 6.07) is 18.9. The van der Waals surface area contributed by atoms with Gasteiger partial charge in [-0.05, 0) is 5.56 Å². The minimum Gasteiger partial charge on any atom is -0.354 e. The fraction of sp³-hybridized carbons (Fsp3) is 0.250. The summed E-state index contributed by atoms with van der Waals surface area (Å²) >= 11 is 1.40. The first-order valence-electron chi connectivity index (χ1n) is 9.28. The third-order valence-corrected chi connectivity index (χ3v) is 6.20. The molecule has 0 aliphatic rings. The van der Waals surface area contributed by atoms with Gasteiger partial charge in [0.15, 0.2) is 5.82 Å². The lowest BCUT2D eigenvalue weighted by atomic mass is 10.2. The van der Waals surface area contributed by atoms with E-state index in [4.69, 9.17) is 0 Å². The van der Waals surface area contributed by atoms with Crippen molar-refractivity contribution in [1.82, 2.24) is 24.8 Å². The van der Waals surface area contributed by atoms with Gasteiger partial charge in [-0.15, -0.1) is 5.10 Å². The minimum absolute atomic E-state index is 0.154. The molecule has 2 aromatic carbocycles. The molecule has 0 aliphatic carbocycles. The second kappa shape index (κ2) is 10.4. The van der Waals surface area contributed by atoms with Gasteiger partial charge in [0.25, 0.3) is 0 Å². The first-order chi connectivity index (χ1) is 14.4. The molecule has 0 atom stereocenters. The SMILES string of the molecule is CS(=O)(=O)N(CC(=O)NCCSc1n[nH]c(-c2ccccc2)n1)Cc1ccccc1. The van der Waals surface area contributed by atoms with Crippen molar-refractivity contribution in [2.75, 3.05) is 25.1 Å². The fourth-order valence-electron chi connectivity index (χ4n) is 2.66. The highest BCUT2D eigenvalue weighted by Crippen LogP contribution is 2.18. The molecule has 0 unspecified atom stereocenters. The molecule has 0 radical (unpaired) electrons. The van der Waals surface area contributed by atoms with E-state index in [2.05, 4.69) is 20.5 Å². The van der Waals surface area contributed by atoms with E-state index >= 15 is 0 Å². The van der Waals surface area contributed by atoms with Crippen LogP contribution in [-0.4, -0.2) is 58.9 Å². The lowest BCUT2D eigenvalue weighted by Gasteiger charge is -2.19. The van der Waals surface area contributed by atoms with Gasteiger partial charge in [-0.2, -0.15) is 4.31 Å². The molecule has 0 bridgehead atoms. The highest BCUT2D eigenvalue weighted by Gasteiger charge is 2.20. The summed E-state index contributed by atoms with van der Waals surface area (Å²) in [4.78, 5) is 16.6. The predicted molar refractivity (Wildman–Crippen MR) is 117 cm³/mol. The molecule has 1 aromatic heterocycles. The van der Waals surface area contributed by atoms with Gasteiger partial charge in [-0.1, -0.05) is 72.4 Å². The number of carbonyl (C=O) groups excluding carboxylic acids is 1. The van der Waals surface area contributed by atoms with Crippen LogP contribution in [0.15, 0.2) is 65.8 Å². The molecule has 0 saturated heterocycles. The molecule has 30 heavy (non-hydrogen) atoms. The molecule has 0 spiro atoms. The second-order valence-electron chi connectivity index (χ2n) is 6.55. The molecule has 1 heterocycles. The third kappa shape index (κ3) is 6.68. The van der Waals surface area contributed by atoms with Crippen LogP contribution in [0.5, 0.6) is 0 Å². The Morgan fingerprint density at radius 1 is 1.10 bits per heavy atom. The monoisotopic (exact) mass is 445 g/mol. The standard InChI is InChI=1S/C20H23N5O3S2/c1-30(27,28)25(14-16-8-4-2-5-9-16)15-18(26)21-12-13-29-20-22-19(23-24-20)17-10-6-3-7-11-17/h2-11H,12-15H2,1H3,(H,21,26)(H,22,23,24). The maximum Gasteiger partial charge on any atom is 0.235 e. The van der Waals surface area contributed by atoms with Crippen molar-refractivity contribution in [3.05, 3.63) is 66.2 Å². The Morgan fingerprint density at radius 2 is 1.77 bits per heavy atom. The molecule has 1 amide bonds.